The lowest BCUT2D eigenvalue weighted by molar-refractivity contribution is -0.276. The molecule has 126 valence electrons. The van der Waals surface area contributed by atoms with E-state index in [1.54, 1.807) is 0 Å². The van der Waals surface area contributed by atoms with Crippen molar-refractivity contribution >= 4 is 10.9 Å². The fraction of sp³-hybridized carbons (Fsp3) is 1.00. The van der Waals surface area contributed by atoms with Gasteiger partial charge in [-0.05, 0) is 0 Å². The van der Waals surface area contributed by atoms with E-state index in [0.717, 1.165) is 0 Å². The summed E-state index contributed by atoms with van der Waals surface area (Å²) in [7, 11) is -0.624. The van der Waals surface area contributed by atoms with E-state index in [0.29, 0.717) is 0 Å². The average molecular weight is 349 g/mol. The van der Waals surface area contributed by atoms with Gasteiger partial charge in [0, 0.05) is 10.9 Å². The van der Waals surface area contributed by atoms with Crippen LogP contribution in [0.3, 0.4) is 0 Å². The van der Waals surface area contributed by atoms with Crippen LogP contribution in [0.1, 0.15) is 0 Å². The van der Waals surface area contributed by atoms with Crippen molar-refractivity contribution in [3.05, 3.63) is 0 Å². The highest BCUT2D eigenvalue weighted by Crippen LogP contribution is 2.28. The van der Waals surface area contributed by atoms with E-state index in [4.69, 9.17) is 4.74 Å². The number of ether oxygens (including phenoxy) is 1. The van der Waals surface area contributed by atoms with Crippen LogP contribution in [-0.2, 0) is 15.6 Å². The number of aliphatic hydroxyl groups is 7. The van der Waals surface area contributed by atoms with Gasteiger partial charge < -0.3 is 52.9 Å². The summed E-state index contributed by atoms with van der Waals surface area (Å²) in [5.41, 5.74) is 0. The van der Waals surface area contributed by atoms with E-state index in [2.05, 4.69) is 0 Å². The Bertz CT molecular complexity index is 337. The van der Waals surface area contributed by atoms with Gasteiger partial charge in [0.15, 0.2) is 11.5 Å². The maximum absolute atomic E-state index is 9.85. The molecule has 0 aliphatic carbocycles. The van der Waals surface area contributed by atoms with E-state index >= 15 is 0 Å². The summed E-state index contributed by atoms with van der Waals surface area (Å²) in [6, 6.07) is 0. The molecule has 7 N–H and O–H groups in total. The van der Waals surface area contributed by atoms with Crippen molar-refractivity contribution in [2.24, 2.45) is 0 Å². The number of rotatable bonds is 3. The minimum atomic E-state index is -1.60. The van der Waals surface area contributed by atoms with Crippen molar-refractivity contribution in [1.29, 1.82) is 0 Å². The molecule has 2 fully saturated rings. The second-order valence-electron chi connectivity index (χ2n) is 5.19. The average Bonchev–Trinajstić information content (AvgIpc) is 2.68. The first-order valence-corrected chi connectivity index (χ1v) is 8.00. The molecule has 0 spiro atoms. The monoisotopic (exact) mass is 348 g/mol. The minimum Gasteiger partial charge on any atom is -1.00 e. The number of aliphatic hydroxyl groups excluding tert-OH is 7. The molecule has 9 atom stereocenters. The third-order valence-corrected chi connectivity index (χ3v) is 6.64. The largest absolute Gasteiger partial charge is 1.00 e. The first kappa shape index (κ1) is 19.4. The highest BCUT2D eigenvalue weighted by atomic mass is 35.5. The van der Waals surface area contributed by atoms with Crippen LogP contribution in [0.15, 0.2) is 0 Å². The van der Waals surface area contributed by atoms with Crippen LogP contribution >= 0.6 is 0 Å². The van der Waals surface area contributed by atoms with Crippen molar-refractivity contribution < 1.29 is 52.9 Å². The molecule has 0 bridgehead atoms. The predicted octanol–water partition coefficient (Wildman–Crippen LogP) is -7.50. The van der Waals surface area contributed by atoms with Gasteiger partial charge in [0.1, 0.15) is 48.1 Å². The maximum Gasteiger partial charge on any atom is 0.184 e. The molecule has 0 aromatic carbocycles. The van der Waals surface area contributed by atoms with Crippen LogP contribution in [0.2, 0.25) is 0 Å². The summed E-state index contributed by atoms with van der Waals surface area (Å²) >= 11 is 0. The Hall–Kier alpha value is 0.320. The molecule has 0 aromatic heterocycles. The van der Waals surface area contributed by atoms with Gasteiger partial charge in [-0.1, -0.05) is 0 Å². The molecule has 0 amide bonds. The Morgan fingerprint density at radius 2 is 1.52 bits per heavy atom. The summed E-state index contributed by atoms with van der Waals surface area (Å²) in [6.45, 7) is -0.308. The van der Waals surface area contributed by atoms with Crippen LogP contribution in [0, 0.1) is 0 Å². The van der Waals surface area contributed by atoms with Crippen molar-refractivity contribution in [3.8, 4) is 0 Å². The second kappa shape index (κ2) is 7.73. The summed E-state index contributed by atoms with van der Waals surface area (Å²) in [6.07, 6.45) is -9.02. The van der Waals surface area contributed by atoms with E-state index in [1.165, 1.54) is 0 Å². The number of halogens is 1. The SMILES string of the molecule is OC[C@@H]1[C@@H](O)[C@H](O)C[S+]1C[C@H]1OC(O)[C@H](O)[C@@H](O)[C@@H]1O.[Cl-]. The van der Waals surface area contributed by atoms with E-state index in [-0.39, 0.29) is 30.5 Å². The zero-order valence-corrected chi connectivity index (χ0v) is 12.6. The third-order valence-electron chi connectivity index (χ3n) is 3.83. The maximum atomic E-state index is 9.85. The molecule has 2 saturated heterocycles. The Balaban J connectivity index is 0.00000220. The zero-order chi connectivity index (χ0) is 15.0. The van der Waals surface area contributed by atoms with Crippen LogP contribution in [0.4, 0.5) is 0 Å². The van der Waals surface area contributed by atoms with Gasteiger partial charge in [0.25, 0.3) is 0 Å². The molecule has 2 aliphatic heterocycles. The molecule has 0 saturated carbocycles. The Labute approximate surface area is 130 Å². The van der Waals surface area contributed by atoms with Crippen molar-refractivity contribution in [1.82, 2.24) is 0 Å². The molecule has 8 nitrogen and oxygen atoms in total. The summed E-state index contributed by atoms with van der Waals surface area (Å²) in [5.74, 6) is 0.426. The van der Waals surface area contributed by atoms with Gasteiger partial charge in [-0.25, -0.2) is 0 Å². The molecule has 2 unspecified atom stereocenters. The van der Waals surface area contributed by atoms with Gasteiger partial charge in [0.05, 0.1) is 6.61 Å². The van der Waals surface area contributed by atoms with E-state index < -0.39 is 59.1 Å². The lowest BCUT2D eigenvalue weighted by Gasteiger charge is -2.37. The van der Waals surface area contributed by atoms with Crippen molar-refractivity contribution in [3.63, 3.8) is 0 Å². The first-order chi connectivity index (χ1) is 9.36. The second-order valence-corrected chi connectivity index (χ2v) is 7.53. The number of hydrogen-bond acceptors (Lipinski definition) is 8. The van der Waals surface area contributed by atoms with Crippen LogP contribution in [0.5, 0.6) is 0 Å². The summed E-state index contributed by atoms with van der Waals surface area (Å²) < 4.78 is 5.06. The van der Waals surface area contributed by atoms with Crippen molar-refractivity contribution in [2.75, 3.05) is 18.1 Å². The molecule has 2 rings (SSSR count). The molecule has 21 heavy (non-hydrogen) atoms. The van der Waals surface area contributed by atoms with E-state index in [1.807, 2.05) is 0 Å². The Morgan fingerprint density at radius 3 is 2.10 bits per heavy atom. The molecular weight excluding hydrogens is 328 g/mol. The van der Waals surface area contributed by atoms with E-state index in [9.17, 15) is 35.7 Å². The van der Waals surface area contributed by atoms with Gasteiger partial charge in [-0.15, -0.1) is 0 Å². The molecule has 0 aromatic rings. The van der Waals surface area contributed by atoms with Gasteiger partial charge >= 0.3 is 0 Å². The summed E-state index contributed by atoms with van der Waals surface area (Å²) in [5, 5.41) is 66.3. The molecule has 0 radical (unpaired) electrons. The first-order valence-electron chi connectivity index (χ1n) is 6.37. The third kappa shape index (κ3) is 3.81. The molecular formula is C11H21ClO8S. The lowest BCUT2D eigenvalue weighted by Crippen LogP contribution is -3.00. The highest BCUT2D eigenvalue weighted by molar-refractivity contribution is 7.97. The van der Waals surface area contributed by atoms with Crippen LogP contribution < -0.4 is 12.4 Å². The molecule has 2 aliphatic rings. The fourth-order valence-corrected chi connectivity index (χ4v) is 5.32. The van der Waals surface area contributed by atoms with Crippen molar-refractivity contribution in [2.45, 2.75) is 48.2 Å². The quantitative estimate of drug-likeness (QED) is 0.248. The normalized spacial score (nSPS) is 50.7. The Morgan fingerprint density at radius 1 is 0.905 bits per heavy atom. The minimum absolute atomic E-state index is 0. The van der Waals surface area contributed by atoms with Gasteiger partial charge in [-0.3, -0.25) is 0 Å². The van der Waals surface area contributed by atoms with Gasteiger partial charge in [0.2, 0.25) is 0 Å². The predicted molar refractivity (Wildman–Crippen MR) is 68.9 cm³/mol. The Kier molecular flexibility index (Phi) is 7.13. The summed E-state index contributed by atoms with van der Waals surface area (Å²) in [4.78, 5) is 0. The fourth-order valence-electron chi connectivity index (χ4n) is 2.57. The van der Waals surface area contributed by atoms with Crippen LogP contribution in [0.25, 0.3) is 0 Å². The topological polar surface area (TPSA) is 151 Å². The zero-order valence-electron chi connectivity index (χ0n) is 11.1. The van der Waals surface area contributed by atoms with Crippen LogP contribution in [-0.4, -0.2) is 102 Å². The number of hydrogen-bond donors (Lipinski definition) is 7. The molecule has 10 heteroatoms. The highest BCUT2D eigenvalue weighted by Gasteiger charge is 2.53. The lowest BCUT2D eigenvalue weighted by atomic mass is 10.0. The molecule has 2 heterocycles. The van der Waals surface area contributed by atoms with Gasteiger partial charge in [-0.2, -0.15) is 0 Å². The standard InChI is InChI=1S/C11H21O8S.ClH/c12-1-6-7(14)4(13)2-20(6)3-5-8(15)9(16)10(17)11(18)19-5;/h4-18H,1-3H2;1H/q+1;/p-1/t4-,5-,6-,7+,8-,9+,10-,11?,20?;/m1./s1. The smallest absolute Gasteiger partial charge is 0.184 e.